The third-order valence-electron chi connectivity index (χ3n) is 4.72. The fourth-order valence-corrected chi connectivity index (χ4v) is 3.78. The average molecular weight is 255 g/mol. The van der Waals surface area contributed by atoms with Crippen LogP contribution in [0.15, 0.2) is 0 Å². The first-order valence-corrected chi connectivity index (χ1v) is 7.69. The van der Waals surface area contributed by atoms with E-state index in [4.69, 9.17) is 9.47 Å². The highest BCUT2D eigenvalue weighted by Gasteiger charge is 2.56. The summed E-state index contributed by atoms with van der Waals surface area (Å²) in [5.74, 6) is 0. The molecule has 0 amide bonds. The quantitative estimate of drug-likeness (QED) is 0.759. The number of hydrogen-bond acceptors (Lipinski definition) is 3. The smallest absolute Gasteiger partial charge is 0.0784 e. The normalized spacial score (nSPS) is 31.5. The molecule has 0 aromatic carbocycles. The van der Waals surface area contributed by atoms with Crippen LogP contribution in [0.1, 0.15) is 52.9 Å². The minimum Gasteiger partial charge on any atom is -0.379 e. The van der Waals surface area contributed by atoms with Gasteiger partial charge in [-0.1, -0.05) is 19.8 Å². The first-order valence-electron chi connectivity index (χ1n) is 7.69. The Morgan fingerprint density at radius 2 is 2.00 bits per heavy atom. The van der Waals surface area contributed by atoms with Crippen molar-refractivity contribution in [2.24, 2.45) is 5.41 Å². The maximum atomic E-state index is 6.24. The zero-order valence-electron chi connectivity index (χ0n) is 12.2. The molecule has 0 bridgehead atoms. The standard InChI is InChI=1S/C15H29NO2/c1-4-16-13-10-14(15(13)8-6-7-9-15)18-12(3)11-17-5-2/h12-14,16H,4-11H2,1-3H3. The molecule has 18 heavy (non-hydrogen) atoms. The van der Waals surface area contributed by atoms with Gasteiger partial charge in [0.15, 0.2) is 0 Å². The molecule has 2 saturated carbocycles. The van der Waals surface area contributed by atoms with Crippen LogP contribution in [0.3, 0.4) is 0 Å². The highest BCUT2D eigenvalue weighted by atomic mass is 16.5. The summed E-state index contributed by atoms with van der Waals surface area (Å²) < 4.78 is 11.7. The van der Waals surface area contributed by atoms with Crippen LogP contribution < -0.4 is 5.32 Å². The molecule has 2 rings (SSSR count). The van der Waals surface area contributed by atoms with Gasteiger partial charge in [0.05, 0.1) is 18.8 Å². The van der Waals surface area contributed by atoms with E-state index in [-0.39, 0.29) is 6.10 Å². The zero-order chi connectivity index (χ0) is 13.0. The van der Waals surface area contributed by atoms with Gasteiger partial charge in [-0.05, 0) is 39.7 Å². The molecule has 3 atom stereocenters. The lowest BCUT2D eigenvalue weighted by atomic mass is 9.60. The van der Waals surface area contributed by atoms with Crippen LogP contribution in [0.25, 0.3) is 0 Å². The number of hydrogen-bond donors (Lipinski definition) is 1. The maximum absolute atomic E-state index is 6.24. The van der Waals surface area contributed by atoms with Gasteiger partial charge in [0.1, 0.15) is 0 Å². The molecule has 1 spiro atoms. The molecule has 1 N–H and O–H groups in total. The van der Waals surface area contributed by atoms with E-state index in [0.717, 1.165) is 19.8 Å². The van der Waals surface area contributed by atoms with E-state index in [1.54, 1.807) is 0 Å². The van der Waals surface area contributed by atoms with E-state index >= 15 is 0 Å². The minimum atomic E-state index is 0.231. The van der Waals surface area contributed by atoms with Gasteiger partial charge in [-0.3, -0.25) is 0 Å². The van der Waals surface area contributed by atoms with E-state index < -0.39 is 0 Å². The van der Waals surface area contributed by atoms with Crippen LogP contribution >= 0.6 is 0 Å². The predicted octanol–water partition coefficient (Wildman–Crippen LogP) is 2.74. The monoisotopic (exact) mass is 255 g/mol. The minimum absolute atomic E-state index is 0.231. The first kappa shape index (κ1) is 14.3. The number of rotatable bonds is 7. The van der Waals surface area contributed by atoms with Crippen molar-refractivity contribution in [2.75, 3.05) is 19.8 Å². The Bertz CT molecular complexity index is 251. The second-order valence-electron chi connectivity index (χ2n) is 5.88. The summed E-state index contributed by atoms with van der Waals surface area (Å²) in [5.41, 5.74) is 0.441. The molecule has 0 aliphatic heterocycles. The summed E-state index contributed by atoms with van der Waals surface area (Å²) in [7, 11) is 0. The summed E-state index contributed by atoms with van der Waals surface area (Å²) in [5, 5.41) is 3.65. The molecule has 0 aromatic rings. The molecule has 3 nitrogen and oxygen atoms in total. The Balaban J connectivity index is 1.85. The van der Waals surface area contributed by atoms with Gasteiger partial charge in [0, 0.05) is 18.1 Å². The van der Waals surface area contributed by atoms with Crippen molar-refractivity contribution >= 4 is 0 Å². The van der Waals surface area contributed by atoms with Gasteiger partial charge in [-0.25, -0.2) is 0 Å². The van der Waals surface area contributed by atoms with Crippen molar-refractivity contribution in [3.63, 3.8) is 0 Å². The van der Waals surface area contributed by atoms with E-state index in [2.05, 4.69) is 19.2 Å². The van der Waals surface area contributed by atoms with E-state index in [0.29, 0.717) is 17.6 Å². The summed E-state index contributed by atoms with van der Waals surface area (Å²) in [6.07, 6.45) is 7.32. The molecule has 0 aromatic heterocycles. The van der Waals surface area contributed by atoms with Gasteiger partial charge in [-0.15, -0.1) is 0 Å². The Morgan fingerprint density at radius 3 is 2.61 bits per heavy atom. The van der Waals surface area contributed by atoms with Crippen molar-refractivity contribution in [3.05, 3.63) is 0 Å². The van der Waals surface area contributed by atoms with Crippen molar-refractivity contribution in [1.29, 1.82) is 0 Å². The van der Waals surface area contributed by atoms with Crippen LogP contribution in [0.4, 0.5) is 0 Å². The third kappa shape index (κ3) is 2.73. The number of nitrogens with one attached hydrogen (secondary N) is 1. The predicted molar refractivity (Wildman–Crippen MR) is 73.8 cm³/mol. The van der Waals surface area contributed by atoms with E-state index in [1.165, 1.54) is 32.1 Å². The Labute approximate surface area is 112 Å². The lowest BCUT2D eigenvalue weighted by Crippen LogP contribution is -2.63. The summed E-state index contributed by atoms with van der Waals surface area (Å²) >= 11 is 0. The Kier molecular flexibility index (Phi) is 5.05. The fourth-order valence-electron chi connectivity index (χ4n) is 3.78. The summed E-state index contributed by atoms with van der Waals surface area (Å²) in [6, 6.07) is 0.689. The molecule has 2 aliphatic rings. The molecular weight excluding hydrogens is 226 g/mol. The van der Waals surface area contributed by atoms with Crippen molar-refractivity contribution in [2.45, 2.75) is 71.1 Å². The van der Waals surface area contributed by atoms with Crippen LogP contribution in [0.2, 0.25) is 0 Å². The lowest BCUT2D eigenvalue weighted by Gasteiger charge is -2.55. The van der Waals surface area contributed by atoms with Gasteiger partial charge in [0.2, 0.25) is 0 Å². The molecule has 2 fully saturated rings. The average Bonchev–Trinajstić information content (AvgIpc) is 2.87. The molecule has 3 unspecified atom stereocenters. The summed E-state index contributed by atoms with van der Waals surface area (Å²) in [6.45, 7) is 8.97. The highest BCUT2D eigenvalue weighted by molar-refractivity contribution is 5.10. The second kappa shape index (κ2) is 6.36. The van der Waals surface area contributed by atoms with Gasteiger partial charge in [-0.2, -0.15) is 0 Å². The van der Waals surface area contributed by atoms with Gasteiger partial charge < -0.3 is 14.8 Å². The molecule has 0 heterocycles. The summed E-state index contributed by atoms with van der Waals surface area (Å²) in [4.78, 5) is 0. The molecular formula is C15H29NO2. The number of ether oxygens (including phenoxy) is 2. The molecule has 0 radical (unpaired) electrons. The Hall–Kier alpha value is -0.120. The van der Waals surface area contributed by atoms with E-state index in [9.17, 15) is 0 Å². The largest absolute Gasteiger partial charge is 0.379 e. The SMILES string of the molecule is CCNC1CC(OC(C)COCC)C12CCCC2. The maximum Gasteiger partial charge on any atom is 0.0784 e. The van der Waals surface area contributed by atoms with Crippen LogP contribution in [0, 0.1) is 5.41 Å². The fraction of sp³-hybridized carbons (Fsp3) is 1.00. The topological polar surface area (TPSA) is 30.5 Å². The Morgan fingerprint density at radius 1 is 1.28 bits per heavy atom. The first-order chi connectivity index (χ1) is 8.73. The van der Waals surface area contributed by atoms with E-state index in [1.807, 2.05) is 6.92 Å². The molecule has 2 aliphatic carbocycles. The molecule has 0 saturated heterocycles. The molecule has 106 valence electrons. The second-order valence-corrected chi connectivity index (χ2v) is 5.88. The van der Waals surface area contributed by atoms with Crippen LogP contribution in [-0.2, 0) is 9.47 Å². The highest BCUT2D eigenvalue weighted by Crippen LogP contribution is 2.54. The lowest BCUT2D eigenvalue weighted by molar-refractivity contribution is -0.167. The zero-order valence-corrected chi connectivity index (χ0v) is 12.2. The van der Waals surface area contributed by atoms with Gasteiger partial charge >= 0.3 is 0 Å². The van der Waals surface area contributed by atoms with Crippen LogP contribution in [-0.4, -0.2) is 38.0 Å². The van der Waals surface area contributed by atoms with Crippen LogP contribution in [0.5, 0.6) is 0 Å². The third-order valence-corrected chi connectivity index (χ3v) is 4.72. The van der Waals surface area contributed by atoms with Crippen molar-refractivity contribution < 1.29 is 9.47 Å². The van der Waals surface area contributed by atoms with Crippen molar-refractivity contribution in [1.82, 2.24) is 5.32 Å². The van der Waals surface area contributed by atoms with Crippen molar-refractivity contribution in [3.8, 4) is 0 Å². The molecule has 3 heteroatoms. The van der Waals surface area contributed by atoms with Gasteiger partial charge in [0.25, 0.3) is 0 Å².